The number of benzene rings is 2. The Balaban J connectivity index is 1.96. The van der Waals surface area contributed by atoms with Crippen molar-refractivity contribution in [1.82, 2.24) is 4.57 Å². The molecule has 0 saturated heterocycles. The Morgan fingerprint density at radius 3 is 2.47 bits per heavy atom. The van der Waals surface area contributed by atoms with Gasteiger partial charge in [-0.2, -0.15) is 0 Å². The molecule has 1 N–H and O–H groups in total. The van der Waals surface area contributed by atoms with Crippen LogP contribution in [0.1, 0.15) is 26.3 Å². The highest BCUT2D eigenvalue weighted by Gasteiger charge is 2.18. The lowest BCUT2D eigenvalue weighted by atomic mass is 10.2. The van der Waals surface area contributed by atoms with Gasteiger partial charge in [-0.25, -0.2) is 4.79 Å². The molecule has 1 heterocycles. The van der Waals surface area contributed by atoms with Crippen molar-refractivity contribution in [2.45, 2.75) is 33.0 Å². The number of carbonyl (C=O) groups is 1. The van der Waals surface area contributed by atoms with E-state index >= 15 is 0 Å². The maximum absolute atomic E-state index is 12.6. The zero-order valence-corrected chi connectivity index (χ0v) is 18.6. The van der Waals surface area contributed by atoms with Crippen molar-refractivity contribution in [3.8, 4) is 11.4 Å². The van der Waals surface area contributed by atoms with Crippen LogP contribution in [0.2, 0.25) is 0 Å². The van der Waals surface area contributed by atoms with Gasteiger partial charge in [0.2, 0.25) is 5.43 Å². The number of anilines is 1. The average molecular weight is 471 g/mol. The molecular weight excluding hydrogens is 448 g/mol. The zero-order chi connectivity index (χ0) is 21.7. The van der Waals surface area contributed by atoms with Crippen molar-refractivity contribution in [3.63, 3.8) is 0 Å². The molecule has 0 spiro atoms. The smallest absolute Gasteiger partial charge is 0.413 e. The maximum atomic E-state index is 12.6. The van der Waals surface area contributed by atoms with E-state index in [9.17, 15) is 9.59 Å². The van der Waals surface area contributed by atoms with Gasteiger partial charge in [0.1, 0.15) is 18.0 Å². The minimum Gasteiger partial charge on any atom is -0.483 e. The van der Waals surface area contributed by atoms with Gasteiger partial charge in [-0.05, 0) is 44.5 Å². The minimum atomic E-state index is -0.663. The van der Waals surface area contributed by atoms with E-state index in [0.717, 1.165) is 15.7 Å². The number of aromatic nitrogens is 1. The van der Waals surface area contributed by atoms with Gasteiger partial charge in [0.25, 0.3) is 0 Å². The summed E-state index contributed by atoms with van der Waals surface area (Å²) in [4.78, 5) is 24.9. The molecule has 0 radical (unpaired) electrons. The van der Waals surface area contributed by atoms with Crippen LogP contribution in [-0.4, -0.2) is 16.3 Å². The van der Waals surface area contributed by atoms with Crippen LogP contribution in [0.25, 0.3) is 5.69 Å². The number of halogens is 1. The highest BCUT2D eigenvalue weighted by Crippen LogP contribution is 2.22. The Morgan fingerprint density at radius 2 is 1.80 bits per heavy atom. The van der Waals surface area contributed by atoms with Crippen molar-refractivity contribution in [3.05, 3.63) is 87.1 Å². The number of hydrogen-bond donors (Lipinski definition) is 1. The first-order valence-electron chi connectivity index (χ1n) is 9.41. The number of nitrogens with zero attached hydrogens (tertiary/aromatic N) is 1. The molecule has 7 heteroatoms. The van der Waals surface area contributed by atoms with Gasteiger partial charge in [0, 0.05) is 16.2 Å². The normalized spacial score (nSPS) is 11.1. The fourth-order valence-corrected chi connectivity index (χ4v) is 3.09. The summed E-state index contributed by atoms with van der Waals surface area (Å²) in [7, 11) is 0. The predicted molar refractivity (Wildman–Crippen MR) is 120 cm³/mol. The minimum absolute atomic E-state index is 0.175. The fraction of sp³-hybridized carbons (Fsp3) is 0.217. The Bertz CT molecular complexity index is 1090. The second kappa shape index (κ2) is 9.17. The molecule has 0 aliphatic rings. The molecule has 1 aromatic heterocycles. The average Bonchev–Trinajstić information content (AvgIpc) is 2.66. The largest absolute Gasteiger partial charge is 0.483 e. The van der Waals surface area contributed by atoms with Crippen molar-refractivity contribution >= 4 is 27.8 Å². The van der Waals surface area contributed by atoms with Gasteiger partial charge in [-0.15, -0.1) is 0 Å². The van der Waals surface area contributed by atoms with E-state index in [0.29, 0.717) is 0 Å². The summed E-state index contributed by atoms with van der Waals surface area (Å²) < 4.78 is 13.6. The topological polar surface area (TPSA) is 69.6 Å². The lowest BCUT2D eigenvalue weighted by Crippen LogP contribution is -2.28. The summed E-state index contributed by atoms with van der Waals surface area (Å²) in [5.74, 6) is 0.452. The quantitative estimate of drug-likeness (QED) is 0.532. The number of amides is 1. The second-order valence-electron chi connectivity index (χ2n) is 7.64. The fourth-order valence-electron chi connectivity index (χ4n) is 2.70. The van der Waals surface area contributed by atoms with E-state index in [1.54, 1.807) is 31.5 Å². The van der Waals surface area contributed by atoms with E-state index in [4.69, 9.17) is 9.47 Å². The lowest BCUT2D eigenvalue weighted by molar-refractivity contribution is 0.0635. The number of hydrogen-bond acceptors (Lipinski definition) is 4. The molecule has 0 bridgehead atoms. The van der Waals surface area contributed by atoms with Crippen LogP contribution in [0.5, 0.6) is 5.75 Å². The summed E-state index contributed by atoms with van der Waals surface area (Å²) in [5, 5.41) is 2.66. The van der Waals surface area contributed by atoms with Crippen molar-refractivity contribution in [2.24, 2.45) is 0 Å². The Labute approximate surface area is 183 Å². The molecular formula is C23H23BrN2O4. The van der Waals surface area contributed by atoms with Gasteiger partial charge in [-0.1, -0.05) is 52.3 Å². The predicted octanol–water partition coefficient (Wildman–Crippen LogP) is 5.53. The summed E-state index contributed by atoms with van der Waals surface area (Å²) in [6.45, 7) is 5.57. The molecule has 0 aliphatic heterocycles. The van der Waals surface area contributed by atoms with Gasteiger partial charge >= 0.3 is 6.09 Å². The summed E-state index contributed by atoms with van der Waals surface area (Å²) in [6.07, 6.45) is 0.920. The summed E-state index contributed by atoms with van der Waals surface area (Å²) in [6, 6.07) is 18.4. The van der Waals surface area contributed by atoms with Crippen molar-refractivity contribution in [2.75, 3.05) is 5.32 Å². The van der Waals surface area contributed by atoms with Crippen LogP contribution in [0, 0.1) is 0 Å². The summed E-state index contributed by atoms with van der Waals surface area (Å²) in [5.41, 5.74) is 0.675. The Kier molecular flexibility index (Phi) is 6.62. The molecule has 2 aromatic carbocycles. The molecule has 30 heavy (non-hydrogen) atoms. The van der Waals surface area contributed by atoms with E-state index in [1.165, 1.54) is 6.07 Å². The maximum Gasteiger partial charge on any atom is 0.413 e. The lowest BCUT2D eigenvalue weighted by Gasteiger charge is -2.21. The van der Waals surface area contributed by atoms with E-state index in [2.05, 4.69) is 21.2 Å². The van der Waals surface area contributed by atoms with Crippen LogP contribution in [0.4, 0.5) is 10.6 Å². The number of ether oxygens (including phenoxy) is 2. The molecule has 0 unspecified atom stereocenters. The zero-order valence-electron chi connectivity index (χ0n) is 17.0. The second-order valence-corrected chi connectivity index (χ2v) is 8.55. The van der Waals surface area contributed by atoms with Crippen LogP contribution in [-0.2, 0) is 11.3 Å². The van der Waals surface area contributed by atoms with Gasteiger partial charge in [0.15, 0.2) is 5.75 Å². The van der Waals surface area contributed by atoms with Crippen molar-refractivity contribution in [1.29, 1.82) is 0 Å². The third kappa shape index (κ3) is 5.97. The molecule has 0 saturated carbocycles. The highest BCUT2D eigenvalue weighted by atomic mass is 79.9. The van der Waals surface area contributed by atoms with Crippen molar-refractivity contribution < 1.29 is 14.3 Å². The molecule has 6 nitrogen and oxygen atoms in total. The van der Waals surface area contributed by atoms with Crippen LogP contribution < -0.4 is 15.5 Å². The van der Waals surface area contributed by atoms with Crippen LogP contribution in [0.15, 0.2) is 76.1 Å². The number of rotatable bonds is 5. The standard InChI is InChI=1S/C23H23BrN2O4/c1-23(2,3)30-22(28)25-21-13-19(27)20(29-15-16-8-5-4-6-9-16)14-26(21)18-11-7-10-17(24)12-18/h4-14H,15H2,1-3H3,(H,25,28). The van der Waals surface area contributed by atoms with Gasteiger partial charge in [0.05, 0.1) is 6.20 Å². The first-order chi connectivity index (χ1) is 14.2. The number of pyridine rings is 1. The molecule has 0 fully saturated rings. The first kappa shape index (κ1) is 21.6. The Hall–Kier alpha value is -3.06. The third-order valence-corrected chi connectivity index (χ3v) is 4.46. The first-order valence-corrected chi connectivity index (χ1v) is 10.2. The van der Waals surface area contributed by atoms with Gasteiger partial charge in [-0.3, -0.25) is 14.7 Å². The van der Waals surface area contributed by atoms with Gasteiger partial charge < -0.3 is 9.47 Å². The molecule has 3 rings (SSSR count). The molecule has 3 aromatic rings. The van der Waals surface area contributed by atoms with E-state index in [-0.39, 0.29) is 23.6 Å². The monoisotopic (exact) mass is 470 g/mol. The summed E-state index contributed by atoms with van der Waals surface area (Å²) >= 11 is 3.45. The number of carbonyl (C=O) groups excluding carboxylic acids is 1. The number of nitrogens with one attached hydrogen (secondary N) is 1. The van der Waals surface area contributed by atoms with Crippen LogP contribution in [0.3, 0.4) is 0 Å². The third-order valence-electron chi connectivity index (χ3n) is 3.97. The van der Waals surface area contributed by atoms with E-state index in [1.807, 2.05) is 54.6 Å². The molecule has 0 aliphatic carbocycles. The molecule has 0 atom stereocenters. The van der Waals surface area contributed by atoms with E-state index < -0.39 is 11.7 Å². The van der Waals surface area contributed by atoms with Crippen LogP contribution >= 0.6 is 15.9 Å². The Morgan fingerprint density at radius 1 is 1.07 bits per heavy atom. The molecule has 156 valence electrons. The SMILES string of the molecule is CC(C)(C)OC(=O)Nc1cc(=O)c(OCc2ccccc2)cn1-c1cccc(Br)c1. The highest BCUT2D eigenvalue weighted by molar-refractivity contribution is 9.10. The molecule has 1 amide bonds.